The van der Waals surface area contributed by atoms with E-state index in [-0.39, 0.29) is 18.6 Å². The van der Waals surface area contributed by atoms with Crippen LogP contribution in [-0.2, 0) is 21.3 Å². The highest BCUT2D eigenvalue weighted by atomic mass is 16.5. The number of nitrogens with one attached hydrogen (secondary N) is 1. The summed E-state index contributed by atoms with van der Waals surface area (Å²) in [6.07, 6.45) is 4.81. The minimum atomic E-state index is -0.0567. The van der Waals surface area contributed by atoms with Crippen LogP contribution in [0.2, 0.25) is 0 Å². The summed E-state index contributed by atoms with van der Waals surface area (Å²) < 4.78 is 13.2. The predicted octanol–water partition coefficient (Wildman–Crippen LogP) is -0.136. The number of hydrogen-bond donors (Lipinski definition) is 1. The van der Waals surface area contributed by atoms with Gasteiger partial charge < -0.3 is 24.6 Å². The van der Waals surface area contributed by atoms with E-state index in [0.29, 0.717) is 19.1 Å². The van der Waals surface area contributed by atoms with Gasteiger partial charge in [-0.3, -0.25) is 9.48 Å². The van der Waals surface area contributed by atoms with Gasteiger partial charge in [0.05, 0.1) is 26.0 Å². The lowest BCUT2D eigenvalue weighted by Crippen LogP contribution is -2.49. The summed E-state index contributed by atoms with van der Waals surface area (Å²) in [5.74, 6) is 1.22. The molecule has 9 heteroatoms. The summed E-state index contributed by atoms with van der Waals surface area (Å²) in [6.45, 7) is 4.54. The molecule has 1 aromatic heterocycles. The molecule has 2 atom stereocenters. The third-order valence-electron chi connectivity index (χ3n) is 4.90. The fraction of sp³-hybridized carbons (Fsp3) is 0.722. The number of morpholine rings is 1. The van der Waals surface area contributed by atoms with Gasteiger partial charge in [0.15, 0.2) is 5.96 Å². The van der Waals surface area contributed by atoms with Crippen molar-refractivity contribution in [3.63, 3.8) is 0 Å². The van der Waals surface area contributed by atoms with E-state index in [1.807, 2.05) is 19.4 Å². The number of carbonyl (C=O) groups is 1. The lowest BCUT2D eigenvalue weighted by molar-refractivity contribution is -0.127. The zero-order valence-corrected chi connectivity index (χ0v) is 16.4. The molecule has 150 valence electrons. The van der Waals surface area contributed by atoms with Crippen LogP contribution >= 0.6 is 0 Å². The van der Waals surface area contributed by atoms with Crippen LogP contribution in [0.1, 0.15) is 18.1 Å². The number of ether oxygens (including phenoxy) is 2. The average Bonchev–Trinajstić information content (AvgIpc) is 3.33. The van der Waals surface area contributed by atoms with Crippen LogP contribution in [0.4, 0.5) is 0 Å². The molecule has 3 heterocycles. The minimum Gasteiger partial charge on any atom is -0.381 e. The minimum absolute atomic E-state index is 0.0180. The van der Waals surface area contributed by atoms with Crippen molar-refractivity contribution >= 4 is 11.9 Å². The summed E-state index contributed by atoms with van der Waals surface area (Å²) in [6, 6.07) is 0. The van der Waals surface area contributed by atoms with Crippen LogP contribution in [0.5, 0.6) is 0 Å². The molecule has 2 aliphatic heterocycles. The summed E-state index contributed by atoms with van der Waals surface area (Å²) >= 11 is 0. The number of carbonyl (C=O) groups excluding carboxylic acids is 1. The van der Waals surface area contributed by atoms with Crippen LogP contribution in [0.3, 0.4) is 0 Å². The monoisotopic (exact) mass is 378 g/mol. The van der Waals surface area contributed by atoms with E-state index >= 15 is 0 Å². The van der Waals surface area contributed by atoms with Gasteiger partial charge in [0.1, 0.15) is 12.6 Å². The van der Waals surface area contributed by atoms with Gasteiger partial charge in [-0.25, -0.2) is 4.99 Å². The Labute approximate surface area is 160 Å². The summed E-state index contributed by atoms with van der Waals surface area (Å²) in [7, 11) is 5.39. The van der Waals surface area contributed by atoms with Gasteiger partial charge in [-0.2, -0.15) is 5.10 Å². The Hall–Kier alpha value is -2.13. The van der Waals surface area contributed by atoms with Crippen molar-refractivity contribution in [2.24, 2.45) is 18.0 Å². The molecule has 1 N–H and O–H groups in total. The smallest absolute Gasteiger partial charge is 0.243 e. The molecule has 2 aliphatic rings. The molecule has 2 saturated heterocycles. The Morgan fingerprint density at radius 3 is 2.96 bits per heavy atom. The maximum absolute atomic E-state index is 12.0. The quantitative estimate of drug-likeness (QED) is 0.567. The molecule has 0 bridgehead atoms. The molecule has 2 unspecified atom stereocenters. The van der Waals surface area contributed by atoms with Gasteiger partial charge in [-0.15, -0.1) is 0 Å². The summed E-state index contributed by atoms with van der Waals surface area (Å²) in [4.78, 5) is 20.3. The number of aromatic nitrogens is 2. The van der Waals surface area contributed by atoms with Crippen LogP contribution in [0.15, 0.2) is 17.4 Å². The number of nitrogens with zero attached hydrogens (tertiary/aromatic N) is 5. The number of aryl methyl sites for hydroxylation is 1. The molecule has 3 rings (SSSR count). The maximum Gasteiger partial charge on any atom is 0.243 e. The first kappa shape index (κ1) is 19.6. The number of amides is 1. The first-order valence-corrected chi connectivity index (χ1v) is 9.44. The molecule has 1 amide bonds. The van der Waals surface area contributed by atoms with Gasteiger partial charge in [0.2, 0.25) is 5.91 Å². The normalized spacial score (nSPS) is 23.5. The van der Waals surface area contributed by atoms with Crippen molar-refractivity contribution in [1.82, 2.24) is 24.9 Å². The van der Waals surface area contributed by atoms with E-state index in [9.17, 15) is 4.79 Å². The highest BCUT2D eigenvalue weighted by molar-refractivity contribution is 5.85. The zero-order valence-electron chi connectivity index (χ0n) is 16.4. The number of hydrogen-bond acceptors (Lipinski definition) is 5. The van der Waals surface area contributed by atoms with Gasteiger partial charge in [0.25, 0.3) is 0 Å². The Morgan fingerprint density at radius 1 is 1.44 bits per heavy atom. The molecular formula is C18H30N6O3. The Bertz CT molecular complexity index is 653. The number of aliphatic imine (C=N–C) groups is 1. The first-order chi connectivity index (χ1) is 13.0. The van der Waals surface area contributed by atoms with Crippen molar-refractivity contribution < 1.29 is 14.3 Å². The standard InChI is InChI=1S/C18H30N6O3/c1-22(2)17(25)10-20-18(19-8-14-4-6-26-13-14)24-5-7-27-16(12-24)15-9-21-23(3)11-15/h9,11,14,16H,4-8,10,12-13H2,1-3H3,(H,19,20). The molecule has 1 aromatic rings. The second-order valence-corrected chi connectivity index (χ2v) is 7.29. The lowest BCUT2D eigenvalue weighted by atomic mass is 10.1. The SMILES string of the molecule is CN(C)C(=O)CN=C(NCC1CCOC1)N1CCOC(c2cnn(C)c2)C1. The molecule has 27 heavy (non-hydrogen) atoms. The fourth-order valence-electron chi connectivity index (χ4n) is 3.18. The van der Waals surface area contributed by atoms with Crippen molar-refractivity contribution in [3.8, 4) is 0 Å². The number of likely N-dealkylation sites (N-methyl/N-ethyl adjacent to an activating group) is 1. The Kier molecular flexibility index (Phi) is 6.68. The average molecular weight is 378 g/mol. The highest BCUT2D eigenvalue weighted by Gasteiger charge is 2.26. The van der Waals surface area contributed by atoms with E-state index in [1.165, 1.54) is 0 Å². The molecule has 0 aromatic carbocycles. The predicted molar refractivity (Wildman–Crippen MR) is 101 cm³/mol. The number of rotatable bonds is 5. The van der Waals surface area contributed by atoms with Crippen LogP contribution in [0, 0.1) is 5.92 Å². The van der Waals surface area contributed by atoms with E-state index in [2.05, 4.69) is 20.3 Å². The largest absolute Gasteiger partial charge is 0.381 e. The number of guanidine groups is 1. The summed E-state index contributed by atoms with van der Waals surface area (Å²) in [5, 5.41) is 7.69. The zero-order chi connectivity index (χ0) is 19.2. The highest BCUT2D eigenvalue weighted by Crippen LogP contribution is 2.21. The van der Waals surface area contributed by atoms with Gasteiger partial charge in [-0.05, 0) is 6.42 Å². The molecule has 0 aliphatic carbocycles. The molecule has 2 fully saturated rings. The van der Waals surface area contributed by atoms with Crippen LogP contribution in [0.25, 0.3) is 0 Å². The first-order valence-electron chi connectivity index (χ1n) is 9.44. The van der Waals surface area contributed by atoms with Gasteiger partial charge in [0, 0.05) is 58.5 Å². The van der Waals surface area contributed by atoms with E-state index in [1.54, 1.807) is 23.7 Å². The van der Waals surface area contributed by atoms with Gasteiger partial charge >= 0.3 is 0 Å². The molecule has 9 nitrogen and oxygen atoms in total. The maximum atomic E-state index is 12.0. The van der Waals surface area contributed by atoms with Crippen molar-refractivity contribution in [2.45, 2.75) is 12.5 Å². The topological polar surface area (TPSA) is 84.2 Å². The second kappa shape index (κ2) is 9.18. The van der Waals surface area contributed by atoms with E-state index < -0.39 is 0 Å². The molecule has 0 spiro atoms. The van der Waals surface area contributed by atoms with Gasteiger partial charge in [-0.1, -0.05) is 0 Å². The Balaban J connectivity index is 1.67. The van der Waals surface area contributed by atoms with E-state index in [4.69, 9.17) is 9.47 Å². The van der Waals surface area contributed by atoms with E-state index in [0.717, 1.165) is 44.2 Å². The van der Waals surface area contributed by atoms with Crippen molar-refractivity contribution in [3.05, 3.63) is 18.0 Å². The molecule has 0 saturated carbocycles. The Morgan fingerprint density at radius 2 is 2.30 bits per heavy atom. The third-order valence-corrected chi connectivity index (χ3v) is 4.90. The molecular weight excluding hydrogens is 348 g/mol. The second-order valence-electron chi connectivity index (χ2n) is 7.29. The van der Waals surface area contributed by atoms with Crippen molar-refractivity contribution in [1.29, 1.82) is 0 Å². The summed E-state index contributed by atoms with van der Waals surface area (Å²) in [5.41, 5.74) is 1.05. The van der Waals surface area contributed by atoms with Crippen LogP contribution < -0.4 is 5.32 Å². The molecule has 0 radical (unpaired) electrons. The third kappa shape index (κ3) is 5.43. The fourth-order valence-corrected chi connectivity index (χ4v) is 3.18. The van der Waals surface area contributed by atoms with Crippen molar-refractivity contribution in [2.75, 3.05) is 60.1 Å². The van der Waals surface area contributed by atoms with Crippen LogP contribution in [-0.4, -0.2) is 91.5 Å². The lowest BCUT2D eigenvalue weighted by Gasteiger charge is -2.35.